The third kappa shape index (κ3) is 6.05. The number of aromatic nitrogens is 3. The molecule has 3 heterocycles. The lowest BCUT2D eigenvalue weighted by Crippen LogP contribution is -2.19. The van der Waals surface area contributed by atoms with Crippen LogP contribution >= 0.6 is 0 Å². The van der Waals surface area contributed by atoms with Gasteiger partial charge in [0.25, 0.3) is 5.91 Å². The lowest BCUT2D eigenvalue weighted by atomic mass is 9.94. The average molecular weight is 477 g/mol. The number of rotatable bonds is 10. The van der Waals surface area contributed by atoms with Gasteiger partial charge in [0.05, 0.1) is 25.5 Å². The van der Waals surface area contributed by atoms with Crippen LogP contribution in [0.4, 0.5) is 11.6 Å². The van der Waals surface area contributed by atoms with Gasteiger partial charge >= 0.3 is 0 Å². The van der Waals surface area contributed by atoms with Crippen LogP contribution in [0.3, 0.4) is 0 Å². The Labute approximate surface area is 205 Å². The Bertz CT molecular complexity index is 1130. The predicted octanol–water partition coefficient (Wildman–Crippen LogP) is 3.71. The van der Waals surface area contributed by atoms with E-state index in [1.54, 1.807) is 26.6 Å². The van der Waals surface area contributed by atoms with Crippen LogP contribution in [0.2, 0.25) is 0 Å². The van der Waals surface area contributed by atoms with Gasteiger partial charge in [0.15, 0.2) is 0 Å². The predicted molar refractivity (Wildman–Crippen MR) is 136 cm³/mol. The molecule has 1 fully saturated rings. The molecule has 35 heavy (non-hydrogen) atoms. The molecule has 4 rings (SSSR count). The van der Waals surface area contributed by atoms with Gasteiger partial charge in [-0.3, -0.25) is 4.79 Å². The highest BCUT2D eigenvalue weighted by molar-refractivity contribution is 5.94. The van der Waals surface area contributed by atoms with Crippen LogP contribution < -0.4 is 20.7 Å². The summed E-state index contributed by atoms with van der Waals surface area (Å²) in [6, 6.07) is 11.8. The average Bonchev–Trinajstić information content (AvgIpc) is 3.42. The number of methoxy groups -OCH3 is 1. The topological polar surface area (TPSA) is 110 Å². The molecule has 9 heteroatoms. The Morgan fingerprint density at radius 2 is 2.06 bits per heavy atom. The maximum Gasteiger partial charge on any atom is 0.251 e. The smallest absolute Gasteiger partial charge is 0.251 e. The maximum absolute atomic E-state index is 12.0. The minimum absolute atomic E-state index is 0.139. The van der Waals surface area contributed by atoms with Gasteiger partial charge in [-0.15, -0.1) is 0 Å². The van der Waals surface area contributed by atoms with Crippen LogP contribution in [0, 0.1) is 0 Å². The summed E-state index contributed by atoms with van der Waals surface area (Å²) in [7, 11) is 3.24. The Morgan fingerprint density at radius 1 is 1.17 bits per heavy atom. The van der Waals surface area contributed by atoms with E-state index in [0.717, 1.165) is 47.9 Å². The van der Waals surface area contributed by atoms with E-state index in [4.69, 9.17) is 9.47 Å². The summed E-state index contributed by atoms with van der Waals surface area (Å²) in [5.41, 5.74) is 3.33. The zero-order valence-corrected chi connectivity index (χ0v) is 20.4. The lowest BCUT2D eigenvalue weighted by molar-refractivity contribution is 0.0962. The van der Waals surface area contributed by atoms with Crippen molar-refractivity contribution in [3.63, 3.8) is 0 Å². The quantitative estimate of drug-likeness (QED) is 0.406. The first-order chi connectivity index (χ1) is 17.1. The highest BCUT2D eigenvalue weighted by atomic mass is 16.5. The number of nitrogens with one attached hydrogen (secondary N) is 3. The van der Waals surface area contributed by atoms with Crippen molar-refractivity contribution in [2.45, 2.75) is 31.7 Å². The molecule has 0 spiro atoms. The summed E-state index contributed by atoms with van der Waals surface area (Å²) >= 11 is 0. The number of ether oxygens (including phenoxy) is 2. The van der Waals surface area contributed by atoms with Crippen LogP contribution in [-0.4, -0.2) is 60.8 Å². The SMILES string of the molecule is CCC(CNc1cc(-c2ccc(N[C@@H]3CCOC3)nc2)ncn1)c1ccc(C(=O)NC)cc1OC. The zero-order valence-electron chi connectivity index (χ0n) is 20.4. The van der Waals surface area contributed by atoms with Gasteiger partial charge in [-0.05, 0) is 42.7 Å². The maximum atomic E-state index is 12.0. The molecule has 2 aromatic heterocycles. The van der Waals surface area contributed by atoms with E-state index in [1.165, 1.54) is 0 Å². The van der Waals surface area contributed by atoms with Crippen molar-refractivity contribution in [2.75, 3.05) is 44.5 Å². The third-order valence-corrected chi connectivity index (χ3v) is 6.19. The summed E-state index contributed by atoms with van der Waals surface area (Å²) in [5.74, 6) is 2.31. The van der Waals surface area contributed by atoms with Crippen molar-refractivity contribution >= 4 is 17.5 Å². The first-order valence-electron chi connectivity index (χ1n) is 11.9. The number of carbonyl (C=O) groups is 1. The van der Waals surface area contributed by atoms with Gasteiger partial charge in [0.1, 0.15) is 23.7 Å². The number of nitrogens with zero attached hydrogens (tertiary/aromatic N) is 3. The van der Waals surface area contributed by atoms with E-state index in [2.05, 4.69) is 37.8 Å². The Balaban J connectivity index is 1.43. The molecule has 0 bridgehead atoms. The second kappa shape index (κ2) is 11.6. The van der Waals surface area contributed by atoms with E-state index < -0.39 is 0 Å². The molecule has 1 unspecified atom stereocenters. The molecule has 2 atom stereocenters. The summed E-state index contributed by atoms with van der Waals surface area (Å²) in [6.07, 6.45) is 5.26. The van der Waals surface area contributed by atoms with Gasteiger partial charge in [-0.25, -0.2) is 15.0 Å². The van der Waals surface area contributed by atoms with Gasteiger partial charge < -0.3 is 25.4 Å². The number of hydrogen-bond donors (Lipinski definition) is 3. The van der Waals surface area contributed by atoms with Gasteiger partial charge in [-0.2, -0.15) is 0 Å². The molecule has 1 aliphatic heterocycles. The summed E-state index contributed by atoms with van der Waals surface area (Å²) < 4.78 is 11.0. The number of hydrogen-bond acceptors (Lipinski definition) is 8. The van der Waals surface area contributed by atoms with Crippen molar-refractivity contribution in [3.05, 3.63) is 60.0 Å². The molecule has 1 amide bonds. The van der Waals surface area contributed by atoms with Crippen LogP contribution in [0.15, 0.2) is 48.9 Å². The first-order valence-corrected chi connectivity index (χ1v) is 11.9. The number of pyridine rings is 1. The molecule has 3 aromatic rings. The fourth-order valence-corrected chi connectivity index (χ4v) is 4.14. The fraction of sp³-hybridized carbons (Fsp3) is 0.385. The molecule has 1 saturated heterocycles. The van der Waals surface area contributed by atoms with Crippen molar-refractivity contribution in [1.29, 1.82) is 0 Å². The van der Waals surface area contributed by atoms with Crippen molar-refractivity contribution in [3.8, 4) is 17.0 Å². The van der Waals surface area contributed by atoms with Crippen molar-refractivity contribution < 1.29 is 14.3 Å². The molecular weight excluding hydrogens is 444 g/mol. The van der Waals surface area contributed by atoms with Crippen LogP contribution in [0.1, 0.15) is 41.6 Å². The first kappa shape index (κ1) is 24.4. The van der Waals surface area contributed by atoms with E-state index >= 15 is 0 Å². The van der Waals surface area contributed by atoms with E-state index in [9.17, 15) is 4.79 Å². The third-order valence-electron chi connectivity index (χ3n) is 6.19. The Hall–Kier alpha value is -3.72. The highest BCUT2D eigenvalue weighted by Gasteiger charge is 2.18. The molecule has 0 saturated carbocycles. The second-order valence-corrected chi connectivity index (χ2v) is 8.45. The van der Waals surface area contributed by atoms with Gasteiger partial charge in [-0.1, -0.05) is 13.0 Å². The van der Waals surface area contributed by atoms with Crippen LogP contribution in [0.5, 0.6) is 5.75 Å². The van der Waals surface area contributed by atoms with E-state index in [1.807, 2.05) is 36.5 Å². The second-order valence-electron chi connectivity index (χ2n) is 8.45. The summed E-state index contributed by atoms with van der Waals surface area (Å²) in [5, 5.41) is 9.47. The normalized spacial score (nSPS) is 15.9. The molecule has 0 radical (unpaired) electrons. The molecule has 9 nitrogen and oxygen atoms in total. The Morgan fingerprint density at radius 3 is 2.74 bits per heavy atom. The van der Waals surface area contributed by atoms with Gasteiger partial charge in [0.2, 0.25) is 0 Å². The minimum Gasteiger partial charge on any atom is -0.496 e. The zero-order chi connectivity index (χ0) is 24.6. The number of benzene rings is 1. The largest absolute Gasteiger partial charge is 0.496 e. The van der Waals surface area contributed by atoms with Crippen molar-refractivity contribution in [2.24, 2.45) is 0 Å². The highest BCUT2D eigenvalue weighted by Crippen LogP contribution is 2.30. The van der Waals surface area contributed by atoms with E-state index in [0.29, 0.717) is 30.5 Å². The van der Waals surface area contributed by atoms with Crippen LogP contribution in [0.25, 0.3) is 11.3 Å². The molecule has 3 N–H and O–H groups in total. The molecular formula is C26H32N6O3. The number of anilines is 2. The number of carbonyl (C=O) groups excluding carboxylic acids is 1. The van der Waals surface area contributed by atoms with Gasteiger partial charge in [0, 0.05) is 49.5 Å². The van der Waals surface area contributed by atoms with E-state index in [-0.39, 0.29) is 11.8 Å². The molecule has 184 valence electrons. The molecule has 1 aromatic carbocycles. The molecule has 0 aliphatic carbocycles. The molecule has 1 aliphatic rings. The fourth-order valence-electron chi connectivity index (χ4n) is 4.14. The minimum atomic E-state index is -0.139. The lowest BCUT2D eigenvalue weighted by Gasteiger charge is -2.20. The number of amides is 1. The summed E-state index contributed by atoms with van der Waals surface area (Å²) in [6.45, 7) is 4.29. The van der Waals surface area contributed by atoms with Crippen molar-refractivity contribution in [1.82, 2.24) is 20.3 Å². The van der Waals surface area contributed by atoms with Crippen LogP contribution in [-0.2, 0) is 4.74 Å². The monoisotopic (exact) mass is 476 g/mol. The standard InChI is InChI=1S/C26H32N6O3/c1-4-17(21-7-5-18(26(33)27-2)11-23(21)34-3)13-29-25-12-22(30-16-31-25)19-6-8-24(28-14-19)32-20-9-10-35-15-20/h5-8,11-12,14,16-17,20H,4,9-10,13,15H2,1-3H3,(H,27,33)(H,28,32)(H,29,30,31)/t17?,20-/m1/s1. The Kier molecular flexibility index (Phi) is 8.10. The summed E-state index contributed by atoms with van der Waals surface area (Å²) in [4.78, 5) is 25.3.